The Balaban J connectivity index is 2.59. The number of hydrogen-bond donors (Lipinski definition) is 0. The summed E-state index contributed by atoms with van der Waals surface area (Å²) in [6.45, 7) is 1.49. The fraction of sp³-hybridized carbons (Fsp3) is 0.750. The van der Waals surface area contributed by atoms with Crippen molar-refractivity contribution in [2.24, 2.45) is 0 Å². The Morgan fingerprint density at radius 1 is 1.64 bits per heavy atom. The number of sulfonamides is 1. The van der Waals surface area contributed by atoms with Gasteiger partial charge in [-0.3, -0.25) is 0 Å². The quantitative estimate of drug-likeness (QED) is 0.538. The van der Waals surface area contributed by atoms with E-state index >= 15 is 0 Å². The summed E-state index contributed by atoms with van der Waals surface area (Å²) in [5.74, 6) is 0. The lowest BCUT2D eigenvalue weighted by atomic mass is 10.1. The van der Waals surface area contributed by atoms with E-state index in [2.05, 4.69) is 0 Å². The predicted octanol–water partition coefficient (Wildman–Crippen LogP) is 0.791. The van der Waals surface area contributed by atoms with Crippen LogP contribution >= 0.6 is 11.6 Å². The zero-order valence-electron chi connectivity index (χ0n) is 8.07. The molecule has 4 nitrogen and oxygen atoms in total. The standard InChI is InChI=1S/C8H14ClNO3S/c1-13-6-8-2-4-10(5-3-8)14(11,12)7-9/h2H,3-7H2,1H3. The van der Waals surface area contributed by atoms with Gasteiger partial charge in [0, 0.05) is 20.2 Å². The highest BCUT2D eigenvalue weighted by Gasteiger charge is 2.22. The highest BCUT2D eigenvalue weighted by molar-refractivity contribution is 7.90. The van der Waals surface area contributed by atoms with Crippen LogP contribution in [0.2, 0.25) is 0 Å². The van der Waals surface area contributed by atoms with Gasteiger partial charge in [0.1, 0.15) is 5.21 Å². The molecule has 1 heterocycles. The van der Waals surface area contributed by atoms with Crippen molar-refractivity contribution in [2.75, 3.05) is 32.0 Å². The van der Waals surface area contributed by atoms with Crippen molar-refractivity contribution in [1.29, 1.82) is 0 Å². The average Bonchev–Trinajstić information content (AvgIpc) is 2.19. The molecule has 0 N–H and O–H groups in total. The first kappa shape index (κ1) is 12.0. The summed E-state index contributed by atoms with van der Waals surface area (Å²) < 4.78 is 29.1. The lowest BCUT2D eigenvalue weighted by Gasteiger charge is -2.24. The van der Waals surface area contributed by atoms with Crippen molar-refractivity contribution in [3.05, 3.63) is 11.6 Å². The van der Waals surface area contributed by atoms with E-state index in [9.17, 15) is 8.42 Å². The molecule has 0 amide bonds. The van der Waals surface area contributed by atoms with Gasteiger partial charge in [0.05, 0.1) is 6.61 Å². The van der Waals surface area contributed by atoms with Crippen LogP contribution in [0.15, 0.2) is 11.6 Å². The van der Waals surface area contributed by atoms with E-state index in [0.717, 1.165) is 12.0 Å². The molecule has 1 rings (SSSR count). The third-order valence-corrected chi connectivity index (χ3v) is 4.35. The van der Waals surface area contributed by atoms with E-state index in [-0.39, 0.29) is 5.21 Å². The van der Waals surface area contributed by atoms with E-state index < -0.39 is 10.0 Å². The molecule has 14 heavy (non-hydrogen) atoms. The van der Waals surface area contributed by atoms with Crippen molar-refractivity contribution in [2.45, 2.75) is 6.42 Å². The lowest BCUT2D eigenvalue weighted by Crippen LogP contribution is -2.35. The van der Waals surface area contributed by atoms with Crippen LogP contribution in [0.5, 0.6) is 0 Å². The second-order valence-electron chi connectivity index (χ2n) is 3.12. The number of rotatable bonds is 4. The Morgan fingerprint density at radius 3 is 2.79 bits per heavy atom. The lowest BCUT2D eigenvalue weighted by molar-refractivity contribution is 0.219. The number of nitrogens with zero attached hydrogens (tertiary/aromatic N) is 1. The zero-order chi connectivity index (χ0) is 10.6. The summed E-state index contributed by atoms with van der Waals surface area (Å²) in [5, 5.41) is -0.347. The summed E-state index contributed by atoms with van der Waals surface area (Å²) in [7, 11) is -1.62. The topological polar surface area (TPSA) is 46.6 Å². The van der Waals surface area contributed by atoms with E-state index in [1.807, 2.05) is 6.08 Å². The number of ether oxygens (including phenoxy) is 1. The molecule has 0 aliphatic carbocycles. The second kappa shape index (κ2) is 5.11. The minimum atomic E-state index is -3.25. The maximum Gasteiger partial charge on any atom is 0.228 e. The second-order valence-corrected chi connectivity index (χ2v) is 5.68. The zero-order valence-corrected chi connectivity index (χ0v) is 9.64. The van der Waals surface area contributed by atoms with Crippen LogP contribution < -0.4 is 0 Å². The van der Waals surface area contributed by atoms with Crippen molar-refractivity contribution in [1.82, 2.24) is 4.31 Å². The molecule has 1 aliphatic heterocycles. The highest BCUT2D eigenvalue weighted by Crippen LogP contribution is 2.14. The van der Waals surface area contributed by atoms with E-state index in [1.165, 1.54) is 4.31 Å². The van der Waals surface area contributed by atoms with Crippen molar-refractivity contribution in [3.63, 3.8) is 0 Å². The SMILES string of the molecule is COCC1=CCN(S(=O)(=O)CCl)CC1. The molecule has 0 saturated carbocycles. The third kappa shape index (κ3) is 2.95. The van der Waals surface area contributed by atoms with Gasteiger partial charge < -0.3 is 4.74 Å². The van der Waals surface area contributed by atoms with Crippen LogP contribution in [0.4, 0.5) is 0 Å². The van der Waals surface area contributed by atoms with E-state index in [4.69, 9.17) is 16.3 Å². The molecule has 0 fully saturated rings. The summed E-state index contributed by atoms with van der Waals surface area (Å²) >= 11 is 5.35. The molecular formula is C8H14ClNO3S. The Hall–Kier alpha value is -0.100. The van der Waals surface area contributed by atoms with Crippen LogP contribution in [0.1, 0.15) is 6.42 Å². The van der Waals surface area contributed by atoms with Gasteiger partial charge in [-0.2, -0.15) is 4.31 Å². The minimum Gasteiger partial charge on any atom is -0.380 e. The van der Waals surface area contributed by atoms with Gasteiger partial charge in [0.25, 0.3) is 0 Å². The molecule has 0 aromatic heterocycles. The summed E-state index contributed by atoms with van der Waals surface area (Å²) in [4.78, 5) is 0. The van der Waals surface area contributed by atoms with E-state index in [0.29, 0.717) is 19.7 Å². The van der Waals surface area contributed by atoms with Gasteiger partial charge in [-0.25, -0.2) is 8.42 Å². The number of halogens is 1. The normalized spacial score (nSPS) is 19.4. The number of methoxy groups -OCH3 is 1. The van der Waals surface area contributed by atoms with Crippen LogP contribution in [0.25, 0.3) is 0 Å². The van der Waals surface area contributed by atoms with Crippen LogP contribution in [0, 0.1) is 0 Å². The van der Waals surface area contributed by atoms with Gasteiger partial charge >= 0.3 is 0 Å². The monoisotopic (exact) mass is 239 g/mol. The van der Waals surface area contributed by atoms with Crippen LogP contribution in [-0.2, 0) is 14.8 Å². The van der Waals surface area contributed by atoms with Gasteiger partial charge in [-0.15, -0.1) is 11.6 Å². The molecule has 0 aromatic carbocycles. The molecule has 0 saturated heterocycles. The fourth-order valence-corrected chi connectivity index (χ4v) is 2.55. The largest absolute Gasteiger partial charge is 0.380 e. The molecule has 0 aromatic rings. The first-order chi connectivity index (χ1) is 6.60. The minimum absolute atomic E-state index is 0.347. The van der Waals surface area contributed by atoms with Crippen molar-refractivity contribution >= 4 is 21.6 Å². The van der Waals surface area contributed by atoms with Gasteiger partial charge in [0.2, 0.25) is 10.0 Å². The Kier molecular flexibility index (Phi) is 4.37. The molecular weight excluding hydrogens is 226 g/mol. The van der Waals surface area contributed by atoms with E-state index in [1.54, 1.807) is 7.11 Å². The molecule has 0 spiro atoms. The molecule has 0 unspecified atom stereocenters. The maximum absolute atomic E-state index is 11.4. The maximum atomic E-state index is 11.4. The molecule has 1 aliphatic rings. The molecule has 0 radical (unpaired) electrons. The smallest absolute Gasteiger partial charge is 0.228 e. The first-order valence-electron chi connectivity index (χ1n) is 4.31. The Bertz CT molecular complexity index is 313. The van der Waals surface area contributed by atoms with Gasteiger partial charge in [-0.05, 0) is 12.0 Å². The third-order valence-electron chi connectivity index (χ3n) is 2.13. The fourth-order valence-electron chi connectivity index (χ4n) is 1.33. The Morgan fingerprint density at radius 2 is 2.36 bits per heavy atom. The number of hydrogen-bond acceptors (Lipinski definition) is 3. The summed E-state index contributed by atoms with van der Waals surface area (Å²) in [5.41, 5.74) is 1.15. The molecule has 0 bridgehead atoms. The van der Waals surface area contributed by atoms with Crippen LogP contribution in [0.3, 0.4) is 0 Å². The van der Waals surface area contributed by atoms with Crippen molar-refractivity contribution in [3.8, 4) is 0 Å². The summed E-state index contributed by atoms with van der Waals surface area (Å²) in [6.07, 6.45) is 2.61. The van der Waals surface area contributed by atoms with Gasteiger partial charge in [0.15, 0.2) is 0 Å². The highest BCUT2D eigenvalue weighted by atomic mass is 35.5. The average molecular weight is 240 g/mol. The molecule has 0 atom stereocenters. The Labute approximate surface area is 89.5 Å². The van der Waals surface area contributed by atoms with Gasteiger partial charge in [-0.1, -0.05) is 6.08 Å². The van der Waals surface area contributed by atoms with Crippen molar-refractivity contribution < 1.29 is 13.2 Å². The summed E-state index contributed by atoms with van der Waals surface area (Å²) in [6, 6.07) is 0. The molecule has 82 valence electrons. The predicted molar refractivity (Wildman–Crippen MR) is 55.8 cm³/mol. The number of alkyl halides is 1. The molecule has 6 heteroatoms. The van der Waals surface area contributed by atoms with Crippen LogP contribution in [-0.4, -0.2) is 44.7 Å². The first-order valence-corrected chi connectivity index (χ1v) is 6.45.